The van der Waals surface area contributed by atoms with Gasteiger partial charge in [-0.05, 0) is 144 Å². The van der Waals surface area contributed by atoms with Gasteiger partial charge >= 0.3 is 0 Å². The summed E-state index contributed by atoms with van der Waals surface area (Å²) < 4.78 is 71.5. The number of para-hydroxylation sites is 3. The van der Waals surface area contributed by atoms with Crippen LogP contribution in [0.15, 0.2) is 152 Å². The molecule has 0 N–H and O–H groups in total. The summed E-state index contributed by atoms with van der Waals surface area (Å²) in [5, 5.41) is 2.06. The summed E-state index contributed by atoms with van der Waals surface area (Å²) >= 11 is 0. The Balaban J connectivity index is 0.00000786. The summed E-state index contributed by atoms with van der Waals surface area (Å²) in [5.41, 5.74) is 11.8. The minimum absolute atomic E-state index is 0. The molecule has 1 aliphatic rings. The first-order valence-corrected chi connectivity index (χ1v) is 28.4. The van der Waals surface area contributed by atoms with Crippen LogP contribution in [0.5, 0.6) is 11.5 Å². The van der Waals surface area contributed by atoms with Crippen molar-refractivity contribution in [1.29, 1.82) is 0 Å². The first-order valence-electron chi connectivity index (χ1n) is 28.4. The van der Waals surface area contributed by atoms with Crippen molar-refractivity contribution in [3.8, 4) is 50.7 Å². The summed E-state index contributed by atoms with van der Waals surface area (Å²) in [6.07, 6.45) is 1.87. The summed E-state index contributed by atoms with van der Waals surface area (Å²) in [4.78, 5) is 8.90. The van der Waals surface area contributed by atoms with Crippen LogP contribution >= 0.6 is 0 Å². The minimum Gasteiger partial charge on any atom is -0.509 e. The van der Waals surface area contributed by atoms with Crippen LogP contribution in [0.4, 0.5) is 40.3 Å². The zero-order valence-corrected chi connectivity index (χ0v) is 52.8. The molecule has 0 fully saturated rings. The van der Waals surface area contributed by atoms with Crippen molar-refractivity contribution < 1.29 is 43.4 Å². The van der Waals surface area contributed by atoms with Crippen molar-refractivity contribution in [2.45, 2.75) is 131 Å². The quantitative estimate of drug-likeness (QED) is 0.112. The van der Waals surface area contributed by atoms with Gasteiger partial charge in [-0.15, -0.1) is 53.6 Å². The van der Waals surface area contributed by atoms with Crippen LogP contribution in [0.2, 0.25) is 0 Å². The van der Waals surface area contributed by atoms with Crippen molar-refractivity contribution in [3.63, 3.8) is 0 Å². The van der Waals surface area contributed by atoms with Gasteiger partial charge < -0.3 is 19.1 Å². The summed E-state index contributed by atoms with van der Waals surface area (Å²) in [5.74, 6) is -1.39. The summed E-state index contributed by atoms with van der Waals surface area (Å²) in [7, 11) is 0. The standard InChI is InChI=1S/C74H71F4N4O.Pt/c1-70(2,3)47-26-27-79-67(38-47)82-63-21-17-16-20-57(63)58-25-24-55(42-66(58)82)83-56-33-46(68-61(73(10,11)12)36-49(72(7,8)9)37-62(68)74(13,14)15)32-54(41-56)80-43-81(65-23-19-18-22-64(65)80)69-59(44-28-50(75)39-51(76)29-44)34-48(71(4,5)6)35-60(69)45-30-52(77)40-53(78)31-45;/h16-40,43H,1-15H3;/q-3;. The third-order valence-electron chi connectivity index (χ3n) is 15.8. The minimum atomic E-state index is -0.763. The molecule has 0 unspecified atom stereocenters. The second kappa shape index (κ2) is 21.5. The number of benzene rings is 8. The zero-order valence-electron chi connectivity index (χ0n) is 50.5. The monoisotopic (exact) mass is 1300 g/mol. The number of ether oxygens (including phenoxy) is 1. The van der Waals surface area contributed by atoms with Gasteiger partial charge in [0.25, 0.3) is 0 Å². The molecule has 1 aliphatic heterocycles. The van der Waals surface area contributed by atoms with Gasteiger partial charge in [0.05, 0.1) is 0 Å². The van der Waals surface area contributed by atoms with E-state index in [-0.39, 0.29) is 53.9 Å². The maximum atomic E-state index is 15.6. The van der Waals surface area contributed by atoms with Crippen LogP contribution in [0.1, 0.15) is 132 Å². The van der Waals surface area contributed by atoms with Crippen LogP contribution in [-0.4, -0.2) is 9.55 Å². The Hall–Kier alpha value is -7.48. The molecule has 434 valence electrons. The van der Waals surface area contributed by atoms with Gasteiger partial charge in [0.15, 0.2) is 0 Å². The van der Waals surface area contributed by atoms with Crippen LogP contribution in [0, 0.1) is 42.1 Å². The van der Waals surface area contributed by atoms with Crippen molar-refractivity contribution in [2.24, 2.45) is 0 Å². The van der Waals surface area contributed by atoms with Crippen molar-refractivity contribution in [3.05, 3.63) is 222 Å². The molecule has 10 heteroatoms. The van der Waals surface area contributed by atoms with Crippen LogP contribution in [-0.2, 0) is 48.1 Å². The molecule has 0 spiro atoms. The van der Waals surface area contributed by atoms with E-state index in [9.17, 15) is 0 Å². The molecule has 8 aromatic carbocycles. The predicted octanol–water partition coefficient (Wildman–Crippen LogP) is 21.0. The topological polar surface area (TPSA) is 33.5 Å². The third kappa shape index (κ3) is 11.5. The first kappa shape index (κ1) is 59.7. The van der Waals surface area contributed by atoms with E-state index in [4.69, 9.17) is 9.72 Å². The fourth-order valence-corrected chi connectivity index (χ4v) is 11.4. The van der Waals surface area contributed by atoms with Gasteiger partial charge in [0.1, 0.15) is 29.1 Å². The van der Waals surface area contributed by atoms with Crippen LogP contribution < -0.4 is 14.5 Å². The predicted molar refractivity (Wildman–Crippen MR) is 334 cm³/mol. The number of aromatic nitrogens is 2. The largest absolute Gasteiger partial charge is 0.509 e. The maximum absolute atomic E-state index is 15.6. The molecule has 0 saturated carbocycles. The van der Waals surface area contributed by atoms with E-state index in [0.29, 0.717) is 39.7 Å². The Bertz CT molecular complexity index is 4050. The first-order chi connectivity index (χ1) is 38.9. The average molecular weight is 1300 g/mol. The molecule has 84 heavy (non-hydrogen) atoms. The molecule has 0 amide bonds. The number of rotatable bonds is 8. The average Bonchev–Trinajstić information content (AvgIpc) is 1.51. The molecule has 0 bridgehead atoms. The second-order valence-electron chi connectivity index (χ2n) is 27.3. The fraction of sp³-hybridized carbons (Fsp3) is 0.270. The van der Waals surface area contributed by atoms with E-state index in [2.05, 4.69) is 154 Å². The number of hydrogen-bond acceptors (Lipinski definition) is 4. The Morgan fingerprint density at radius 2 is 0.964 bits per heavy atom. The Labute approximate surface area is 507 Å². The Kier molecular flexibility index (Phi) is 15.3. The van der Waals surface area contributed by atoms with E-state index in [1.807, 2.05) is 98.0 Å². The normalized spacial score (nSPS) is 13.2. The van der Waals surface area contributed by atoms with E-state index in [0.717, 1.165) is 67.7 Å². The molecular formula is C74H71F4N4OPt-3. The summed E-state index contributed by atoms with van der Waals surface area (Å²) in [6, 6.07) is 51.4. The van der Waals surface area contributed by atoms with Gasteiger partial charge in [-0.2, -0.15) is 6.07 Å². The van der Waals surface area contributed by atoms with Gasteiger partial charge in [0.2, 0.25) is 0 Å². The van der Waals surface area contributed by atoms with Gasteiger partial charge in [-0.3, -0.25) is 0 Å². The molecule has 10 aromatic rings. The molecule has 5 nitrogen and oxygen atoms in total. The van der Waals surface area contributed by atoms with Gasteiger partial charge in [-0.1, -0.05) is 152 Å². The smallest absolute Gasteiger partial charge is 0.135 e. The number of anilines is 4. The second-order valence-corrected chi connectivity index (χ2v) is 27.3. The number of nitrogens with zero attached hydrogens (tertiary/aromatic N) is 4. The third-order valence-corrected chi connectivity index (χ3v) is 15.8. The molecule has 0 radical (unpaired) electrons. The van der Waals surface area contributed by atoms with E-state index in [1.165, 1.54) is 41.0 Å². The number of pyridine rings is 1. The van der Waals surface area contributed by atoms with Crippen molar-refractivity contribution in [1.82, 2.24) is 9.55 Å². The number of fused-ring (bicyclic) bond motifs is 4. The van der Waals surface area contributed by atoms with E-state index < -0.39 is 28.7 Å². The van der Waals surface area contributed by atoms with Gasteiger partial charge in [-0.25, -0.2) is 22.5 Å². The zero-order chi connectivity index (χ0) is 59.5. The Morgan fingerprint density at radius 1 is 0.452 bits per heavy atom. The molecule has 3 heterocycles. The molecular weight excluding hydrogens is 1230 g/mol. The van der Waals surface area contributed by atoms with E-state index in [1.54, 1.807) is 0 Å². The van der Waals surface area contributed by atoms with E-state index >= 15 is 17.6 Å². The maximum Gasteiger partial charge on any atom is 0.135 e. The van der Waals surface area contributed by atoms with Gasteiger partial charge in [0, 0.05) is 84.6 Å². The fourth-order valence-electron chi connectivity index (χ4n) is 11.4. The number of hydrogen-bond donors (Lipinski definition) is 0. The van der Waals surface area contributed by atoms with Crippen molar-refractivity contribution >= 4 is 44.6 Å². The molecule has 0 saturated heterocycles. The molecule has 0 aliphatic carbocycles. The van der Waals surface area contributed by atoms with Crippen molar-refractivity contribution in [2.75, 3.05) is 9.80 Å². The SMILES string of the molecule is CC(C)(C)c1ccnc(-n2c3[c-]c(Oc4[c-]c(N5[CH-]N(c6c(-c7cc(F)cc(F)c7)cc(C(C)(C)C)cc6-c6cc(F)cc(F)c6)c6ccccc65)cc(-c5c(C(C)(C)C)cc(C(C)(C)C)cc5C(C)(C)C)c4)ccc3c3ccccc32)c1.[Pt]. The molecule has 0 atom stereocenters. The Morgan fingerprint density at radius 3 is 1.50 bits per heavy atom. The molecule has 2 aromatic heterocycles. The van der Waals surface area contributed by atoms with Crippen LogP contribution in [0.25, 0.3) is 61.0 Å². The van der Waals surface area contributed by atoms with Crippen LogP contribution in [0.3, 0.4) is 0 Å². The summed E-state index contributed by atoms with van der Waals surface area (Å²) in [6.45, 7) is 34.9. The number of halogens is 4. The molecule has 11 rings (SSSR count).